The highest BCUT2D eigenvalue weighted by Crippen LogP contribution is 2.48. The number of hydrogen-bond donors (Lipinski definition) is 1. The molecule has 0 bridgehead atoms. The van der Waals surface area contributed by atoms with Crippen molar-refractivity contribution in [1.29, 1.82) is 0 Å². The van der Waals surface area contributed by atoms with Gasteiger partial charge in [-0.1, -0.05) is 35.2 Å². The molecule has 0 spiro atoms. The van der Waals surface area contributed by atoms with Gasteiger partial charge in [-0.15, -0.1) is 0 Å². The Morgan fingerprint density at radius 2 is 1.31 bits per heavy atom. The van der Waals surface area contributed by atoms with Crippen LogP contribution in [0.4, 0.5) is 43.9 Å². The highest BCUT2D eigenvalue weighted by atomic mass is 19.4. The van der Waals surface area contributed by atoms with E-state index in [-0.39, 0.29) is 5.56 Å². The van der Waals surface area contributed by atoms with E-state index in [1.54, 1.807) is 0 Å². The van der Waals surface area contributed by atoms with E-state index in [9.17, 15) is 48.7 Å². The fourth-order valence-corrected chi connectivity index (χ4v) is 1.97. The third-order valence-corrected chi connectivity index (χ3v) is 3.14. The topological polar surface area (TPSA) is 32.3 Å². The van der Waals surface area contributed by atoms with Crippen molar-refractivity contribution in [2.75, 3.05) is 0 Å². The molecule has 2 atom stereocenters. The van der Waals surface area contributed by atoms with Crippen molar-refractivity contribution in [3.8, 4) is 0 Å². The number of nitrogens with zero attached hydrogens (tertiary/aromatic N) is 1. The Balaban J connectivity index is 3.37. The van der Waals surface area contributed by atoms with Gasteiger partial charge in [-0.05, 0) is 12.5 Å². The van der Waals surface area contributed by atoms with E-state index in [1.807, 2.05) is 0 Å². The molecule has 0 heterocycles. The van der Waals surface area contributed by atoms with E-state index < -0.39 is 41.4 Å². The summed E-state index contributed by atoms with van der Waals surface area (Å²) in [5, 5.41) is 1.19. The summed E-state index contributed by atoms with van der Waals surface area (Å²) in [6.45, 7) is 0.954. The predicted molar refractivity (Wildman–Crippen MR) is 66.8 cm³/mol. The first-order valence-electron chi connectivity index (χ1n) is 6.58. The molecular weight excluding hydrogens is 390 g/mol. The molecule has 0 saturated heterocycles. The summed E-state index contributed by atoms with van der Waals surface area (Å²) < 4.78 is 128. The second kappa shape index (κ2) is 6.93. The Labute approximate surface area is 139 Å². The average Bonchev–Trinajstić information content (AvgIpc) is 2.43. The Hall–Kier alpha value is -2.05. The van der Waals surface area contributed by atoms with Crippen molar-refractivity contribution in [3.63, 3.8) is 0 Å². The molecule has 1 aromatic carbocycles. The molecule has 1 N–H and O–H groups in total. The highest BCUT2D eigenvalue weighted by molar-refractivity contribution is 5.86. The number of amides is 1. The maximum Gasteiger partial charge on any atom is 0.470 e. The van der Waals surface area contributed by atoms with Gasteiger partial charge in [0, 0.05) is 0 Å². The maximum absolute atomic E-state index is 14.2. The van der Waals surface area contributed by atoms with Gasteiger partial charge in [-0.25, -0.2) is 4.39 Å². The molecule has 148 valence electrons. The number of halogens is 10. The fraction of sp³-hybridized carbons (Fsp3) is 0.462. The van der Waals surface area contributed by atoms with Gasteiger partial charge < -0.3 is 5.32 Å². The zero-order valence-corrected chi connectivity index (χ0v) is 12.6. The molecular formula is C13H10F10N2O. The van der Waals surface area contributed by atoms with Crippen LogP contribution in [0.3, 0.4) is 0 Å². The Morgan fingerprint density at radius 3 is 1.65 bits per heavy atom. The second-order valence-corrected chi connectivity index (χ2v) is 5.00. The molecule has 1 aromatic rings. The fourth-order valence-electron chi connectivity index (χ4n) is 1.97. The molecule has 0 fully saturated rings. The molecule has 1 amide bonds. The van der Waals surface area contributed by atoms with Crippen molar-refractivity contribution in [3.05, 3.63) is 35.9 Å². The van der Waals surface area contributed by atoms with Crippen LogP contribution in [-0.2, 0) is 4.79 Å². The van der Waals surface area contributed by atoms with Crippen LogP contribution in [0.1, 0.15) is 18.5 Å². The van der Waals surface area contributed by atoms with Crippen LogP contribution in [0, 0.1) is 0 Å². The molecule has 0 aliphatic carbocycles. The Bertz CT molecular complexity index is 611. The van der Waals surface area contributed by atoms with Crippen LogP contribution in [-0.4, -0.2) is 35.4 Å². The van der Waals surface area contributed by atoms with Gasteiger partial charge in [-0.3, -0.25) is 4.79 Å². The van der Waals surface area contributed by atoms with E-state index in [0.717, 1.165) is 6.92 Å². The summed E-state index contributed by atoms with van der Waals surface area (Å²) >= 11 is 0. The number of nitrogens with one attached hydrogen (secondary N) is 1. The number of hydrogen-bond acceptors (Lipinski definition) is 2. The van der Waals surface area contributed by atoms with E-state index in [2.05, 4.69) is 0 Å². The van der Waals surface area contributed by atoms with Crippen LogP contribution in [0.25, 0.3) is 0 Å². The van der Waals surface area contributed by atoms with Crippen LogP contribution < -0.4 is 5.32 Å². The normalized spacial score (nSPS) is 16.9. The molecule has 2 unspecified atom stereocenters. The van der Waals surface area contributed by atoms with E-state index in [4.69, 9.17) is 0 Å². The molecule has 3 nitrogen and oxygen atoms in total. The number of carbonyl (C=O) groups excluding carboxylic acids is 1. The van der Waals surface area contributed by atoms with Gasteiger partial charge in [0.15, 0.2) is 0 Å². The lowest BCUT2D eigenvalue weighted by molar-refractivity contribution is -0.444. The SMILES string of the molecule is CC(NC(=O)C(F)(N(C(F)(F)F)C(F)(F)F)C(F)(F)F)c1ccccc1. The first-order chi connectivity index (χ1) is 11.5. The molecule has 0 saturated carbocycles. The predicted octanol–water partition coefficient (Wildman–Crippen LogP) is 4.43. The number of benzene rings is 1. The van der Waals surface area contributed by atoms with Crippen molar-refractivity contribution < 1.29 is 48.7 Å². The smallest absolute Gasteiger partial charge is 0.345 e. The third kappa shape index (κ3) is 4.37. The van der Waals surface area contributed by atoms with Crippen LogP contribution in [0.2, 0.25) is 0 Å². The van der Waals surface area contributed by atoms with E-state index in [0.29, 0.717) is 0 Å². The van der Waals surface area contributed by atoms with Crippen LogP contribution in [0.15, 0.2) is 30.3 Å². The van der Waals surface area contributed by atoms with Crippen molar-refractivity contribution >= 4 is 5.91 Å². The minimum absolute atomic E-state index is 0.0240. The quantitative estimate of drug-likeness (QED) is 0.599. The lowest BCUT2D eigenvalue weighted by atomic mass is 10.1. The molecule has 0 aliphatic heterocycles. The Kier molecular flexibility index (Phi) is 5.86. The van der Waals surface area contributed by atoms with Gasteiger partial charge in [0.1, 0.15) is 0 Å². The summed E-state index contributed by atoms with van der Waals surface area (Å²) in [4.78, 5) is 8.17. The summed E-state index contributed by atoms with van der Waals surface area (Å²) in [5.74, 6) is -9.58. The van der Waals surface area contributed by atoms with E-state index >= 15 is 0 Å². The summed E-state index contributed by atoms with van der Waals surface area (Å²) in [5.41, 5.74) is 0.0240. The van der Waals surface area contributed by atoms with Crippen molar-refractivity contribution in [1.82, 2.24) is 10.2 Å². The largest absolute Gasteiger partial charge is 0.470 e. The monoisotopic (exact) mass is 400 g/mol. The van der Waals surface area contributed by atoms with Gasteiger partial charge in [-0.2, -0.15) is 39.5 Å². The van der Waals surface area contributed by atoms with Crippen LogP contribution >= 0.6 is 0 Å². The summed E-state index contributed by atoms with van der Waals surface area (Å²) in [6, 6.07) is 5.03. The maximum atomic E-state index is 14.2. The molecule has 0 aliphatic rings. The minimum Gasteiger partial charge on any atom is -0.345 e. The van der Waals surface area contributed by atoms with Crippen molar-refractivity contribution in [2.45, 2.75) is 37.5 Å². The molecule has 13 heteroatoms. The van der Waals surface area contributed by atoms with Crippen LogP contribution in [0.5, 0.6) is 0 Å². The molecule has 26 heavy (non-hydrogen) atoms. The zero-order valence-electron chi connectivity index (χ0n) is 12.6. The lowest BCUT2D eigenvalue weighted by Crippen LogP contribution is -2.71. The van der Waals surface area contributed by atoms with Gasteiger partial charge in [0.25, 0.3) is 5.91 Å². The average molecular weight is 400 g/mol. The molecule has 1 rings (SSSR count). The number of alkyl halides is 10. The second-order valence-electron chi connectivity index (χ2n) is 5.00. The standard InChI is InChI=1S/C13H10F10N2O/c1-7(8-5-3-2-4-6-8)24-9(26)10(14,11(15,16)17)25(12(18,19)20)13(21,22)23/h2-7H,1H3,(H,24,26). The molecule has 0 radical (unpaired) electrons. The first kappa shape index (κ1) is 22.0. The zero-order chi connectivity index (χ0) is 20.6. The summed E-state index contributed by atoms with van der Waals surface area (Å²) in [7, 11) is 0. The van der Waals surface area contributed by atoms with Gasteiger partial charge >= 0.3 is 24.6 Å². The number of rotatable bonds is 4. The minimum atomic E-state index is -6.88. The van der Waals surface area contributed by atoms with E-state index in [1.165, 1.54) is 35.6 Å². The van der Waals surface area contributed by atoms with Gasteiger partial charge in [0.05, 0.1) is 6.04 Å². The lowest BCUT2D eigenvalue weighted by Gasteiger charge is -2.38. The van der Waals surface area contributed by atoms with Gasteiger partial charge in [0.2, 0.25) is 0 Å². The Morgan fingerprint density at radius 1 is 0.885 bits per heavy atom. The summed E-state index contributed by atoms with van der Waals surface area (Å²) in [6.07, 6.45) is -20.6. The first-order valence-corrected chi connectivity index (χ1v) is 6.58. The van der Waals surface area contributed by atoms with Crippen molar-refractivity contribution in [2.24, 2.45) is 0 Å². The number of carbonyl (C=O) groups is 1. The third-order valence-electron chi connectivity index (χ3n) is 3.14. The highest BCUT2D eigenvalue weighted by Gasteiger charge is 2.78. The molecule has 0 aromatic heterocycles.